The van der Waals surface area contributed by atoms with Gasteiger partial charge in [-0.1, -0.05) is 25.5 Å². The van der Waals surface area contributed by atoms with E-state index in [0.29, 0.717) is 17.9 Å². The van der Waals surface area contributed by atoms with Crippen molar-refractivity contribution in [2.45, 2.75) is 33.2 Å². The zero-order chi connectivity index (χ0) is 16.4. The lowest BCUT2D eigenvalue weighted by Gasteiger charge is -2.12. The predicted molar refractivity (Wildman–Crippen MR) is 87.4 cm³/mol. The summed E-state index contributed by atoms with van der Waals surface area (Å²) < 4.78 is 3.18. The van der Waals surface area contributed by atoms with Gasteiger partial charge in [-0.15, -0.1) is 10.2 Å². The van der Waals surface area contributed by atoms with Crippen molar-refractivity contribution in [3.8, 4) is 0 Å². The van der Waals surface area contributed by atoms with E-state index in [1.165, 1.54) is 4.57 Å². The van der Waals surface area contributed by atoms with E-state index in [4.69, 9.17) is 0 Å². The highest BCUT2D eigenvalue weighted by Gasteiger charge is 2.16. The standard InChI is InChI=1S/C16H19N5O2/c1-3-4-9-17-14(22)10-20-12-7-5-6-8-13(12)21-11(2)18-19-15(21)16(20)23/h5-8H,3-4,9-10H2,1-2H3,(H,17,22). The third kappa shape index (κ3) is 2.69. The average Bonchev–Trinajstić information content (AvgIpc) is 2.94. The number of nitrogens with one attached hydrogen (secondary N) is 1. The fourth-order valence-corrected chi connectivity index (χ4v) is 2.66. The SMILES string of the molecule is CCCCNC(=O)Cn1c(=O)c2nnc(C)n2c2ccccc21. The first-order valence-electron chi connectivity index (χ1n) is 7.73. The molecule has 0 atom stereocenters. The number of hydrogen-bond acceptors (Lipinski definition) is 4. The van der Waals surface area contributed by atoms with E-state index in [1.54, 1.807) is 11.3 Å². The van der Waals surface area contributed by atoms with Gasteiger partial charge in [0.15, 0.2) is 0 Å². The minimum atomic E-state index is -0.310. The van der Waals surface area contributed by atoms with E-state index in [9.17, 15) is 9.59 Å². The Morgan fingerprint density at radius 3 is 2.70 bits per heavy atom. The Morgan fingerprint density at radius 2 is 1.96 bits per heavy atom. The smallest absolute Gasteiger partial charge is 0.297 e. The molecule has 0 radical (unpaired) electrons. The molecule has 0 bridgehead atoms. The molecule has 0 fully saturated rings. The van der Waals surface area contributed by atoms with Gasteiger partial charge in [0.2, 0.25) is 11.6 Å². The minimum Gasteiger partial charge on any atom is -0.355 e. The zero-order valence-corrected chi connectivity index (χ0v) is 13.2. The number of carbonyl (C=O) groups is 1. The molecule has 1 aromatic carbocycles. The van der Waals surface area contributed by atoms with Crippen LogP contribution in [0.5, 0.6) is 0 Å². The summed E-state index contributed by atoms with van der Waals surface area (Å²) >= 11 is 0. The number of nitrogens with zero attached hydrogens (tertiary/aromatic N) is 4. The van der Waals surface area contributed by atoms with E-state index in [-0.39, 0.29) is 23.7 Å². The molecule has 0 aliphatic heterocycles. The summed E-state index contributed by atoms with van der Waals surface area (Å²) in [6.45, 7) is 4.46. The van der Waals surface area contributed by atoms with Gasteiger partial charge in [-0.3, -0.25) is 18.6 Å². The lowest BCUT2D eigenvalue weighted by molar-refractivity contribution is -0.121. The largest absolute Gasteiger partial charge is 0.355 e. The first-order chi connectivity index (χ1) is 11.1. The van der Waals surface area contributed by atoms with Gasteiger partial charge >= 0.3 is 0 Å². The lowest BCUT2D eigenvalue weighted by Crippen LogP contribution is -2.33. The molecule has 0 spiro atoms. The molecule has 2 heterocycles. The predicted octanol–water partition coefficient (Wildman–Crippen LogP) is 1.27. The summed E-state index contributed by atoms with van der Waals surface area (Å²) in [5.74, 6) is 0.471. The van der Waals surface area contributed by atoms with Crippen LogP contribution in [0, 0.1) is 6.92 Å². The van der Waals surface area contributed by atoms with Crippen LogP contribution in [0.25, 0.3) is 16.7 Å². The molecule has 0 saturated heterocycles. The molecule has 7 nitrogen and oxygen atoms in total. The maximum atomic E-state index is 12.7. The Kier molecular flexibility index (Phi) is 4.10. The molecule has 120 valence electrons. The molecule has 1 amide bonds. The Balaban J connectivity index is 2.10. The number of rotatable bonds is 5. The number of benzene rings is 1. The summed E-state index contributed by atoms with van der Waals surface area (Å²) in [5, 5.41) is 10.8. The number of para-hydroxylation sites is 2. The molecule has 23 heavy (non-hydrogen) atoms. The normalized spacial score (nSPS) is 11.2. The summed E-state index contributed by atoms with van der Waals surface area (Å²) in [7, 11) is 0. The van der Waals surface area contributed by atoms with Crippen molar-refractivity contribution in [1.82, 2.24) is 24.5 Å². The summed E-state index contributed by atoms with van der Waals surface area (Å²) in [4.78, 5) is 24.8. The molecular formula is C16H19N5O2. The first-order valence-corrected chi connectivity index (χ1v) is 7.73. The third-order valence-corrected chi connectivity index (χ3v) is 3.83. The van der Waals surface area contributed by atoms with Gasteiger partial charge < -0.3 is 5.32 Å². The molecule has 0 unspecified atom stereocenters. The first kappa shape index (κ1) is 15.2. The number of fused-ring (bicyclic) bond motifs is 3. The number of amides is 1. The summed E-state index contributed by atoms with van der Waals surface area (Å²) in [6.07, 6.45) is 1.93. The molecule has 2 aromatic heterocycles. The van der Waals surface area contributed by atoms with Gasteiger partial charge in [-0.05, 0) is 25.5 Å². The summed E-state index contributed by atoms with van der Waals surface area (Å²) in [6, 6.07) is 7.45. The topological polar surface area (TPSA) is 81.3 Å². The van der Waals surface area contributed by atoms with Crippen LogP contribution in [-0.4, -0.2) is 31.6 Å². The third-order valence-electron chi connectivity index (χ3n) is 3.83. The Bertz CT molecular complexity index is 925. The van der Waals surface area contributed by atoms with Crippen LogP contribution in [0.15, 0.2) is 29.1 Å². The van der Waals surface area contributed by atoms with Crippen LogP contribution in [0.4, 0.5) is 0 Å². The van der Waals surface area contributed by atoms with Gasteiger partial charge in [-0.25, -0.2) is 0 Å². The van der Waals surface area contributed by atoms with Crippen molar-refractivity contribution in [2.24, 2.45) is 0 Å². The van der Waals surface area contributed by atoms with Gasteiger partial charge in [0.1, 0.15) is 12.4 Å². The van der Waals surface area contributed by atoms with Crippen LogP contribution < -0.4 is 10.9 Å². The highest BCUT2D eigenvalue weighted by atomic mass is 16.2. The molecule has 7 heteroatoms. The Labute approximate surface area is 132 Å². The quantitative estimate of drug-likeness (QED) is 0.719. The van der Waals surface area contributed by atoms with Crippen LogP contribution in [0.2, 0.25) is 0 Å². The van der Waals surface area contributed by atoms with Crippen molar-refractivity contribution in [3.63, 3.8) is 0 Å². The average molecular weight is 313 g/mol. The van der Waals surface area contributed by atoms with Gasteiger partial charge in [0, 0.05) is 6.54 Å². The molecule has 0 aliphatic rings. The van der Waals surface area contributed by atoms with Crippen molar-refractivity contribution >= 4 is 22.6 Å². The van der Waals surface area contributed by atoms with Crippen molar-refractivity contribution in [2.75, 3.05) is 6.54 Å². The van der Waals surface area contributed by atoms with Gasteiger partial charge in [0.25, 0.3) is 5.56 Å². The monoisotopic (exact) mass is 313 g/mol. The van der Waals surface area contributed by atoms with Crippen molar-refractivity contribution in [1.29, 1.82) is 0 Å². The second-order valence-corrected chi connectivity index (χ2v) is 5.49. The highest BCUT2D eigenvalue weighted by Crippen LogP contribution is 2.14. The number of carbonyl (C=O) groups excluding carboxylic acids is 1. The van der Waals surface area contributed by atoms with Crippen LogP contribution >= 0.6 is 0 Å². The van der Waals surface area contributed by atoms with Crippen molar-refractivity contribution < 1.29 is 4.79 Å². The number of hydrogen-bond donors (Lipinski definition) is 1. The zero-order valence-electron chi connectivity index (χ0n) is 13.2. The van der Waals surface area contributed by atoms with Gasteiger partial charge in [0.05, 0.1) is 11.0 Å². The maximum absolute atomic E-state index is 12.7. The molecular weight excluding hydrogens is 294 g/mol. The second-order valence-electron chi connectivity index (χ2n) is 5.49. The van der Waals surface area contributed by atoms with Gasteiger partial charge in [-0.2, -0.15) is 0 Å². The molecule has 1 N–H and O–H groups in total. The number of aromatic nitrogens is 4. The second kappa shape index (κ2) is 6.20. The lowest BCUT2D eigenvalue weighted by atomic mass is 10.2. The van der Waals surface area contributed by atoms with E-state index < -0.39 is 0 Å². The Hall–Kier alpha value is -2.70. The number of unbranched alkanes of at least 4 members (excludes halogenated alkanes) is 1. The highest BCUT2D eigenvalue weighted by molar-refractivity contribution is 5.82. The minimum absolute atomic E-state index is 0.0224. The number of aryl methyl sites for hydroxylation is 1. The van der Waals surface area contributed by atoms with E-state index >= 15 is 0 Å². The molecule has 3 aromatic rings. The summed E-state index contributed by atoms with van der Waals surface area (Å²) in [5.41, 5.74) is 1.43. The molecule has 3 rings (SSSR count). The molecule has 0 aliphatic carbocycles. The van der Waals surface area contributed by atoms with Crippen molar-refractivity contribution in [3.05, 3.63) is 40.4 Å². The Morgan fingerprint density at radius 1 is 1.22 bits per heavy atom. The van der Waals surface area contributed by atoms with E-state index in [0.717, 1.165) is 18.4 Å². The van der Waals surface area contributed by atoms with E-state index in [2.05, 4.69) is 22.4 Å². The fourth-order valence-electron chi connectivity index (χ4n) is 2.66. The van der Waals surface area contributed by atoms with Crippen LogP contribution in [0.3, 0.4) is 0 Å². The van der Waals surface area contributed by atoms with Crippen LogP contribution in [-0.2, 0) is 11.3 Å². The fraction of sp³-hybridized carbons (Fsp3) is 0.375. The van der Waals surface area contributed by atoms with E-state index in [1.807, 2.05) is 24.3 Å². The maximum Gasteiger partial charge on any atom is 0.297 e. The molecule has 0 saturated carbocycles. The van der Waals surface area contributed by atoms with Crippen LogP contribution in [0.1, 0.15) is 25.6 Å².